The SMILES string of the molecule is CC(C)CCCCOc1ccc([C@@]2(C)NC(=O)NC2=O)cc1. The number of amides is 3. The highest BCUT2D eigenvalue weighted by Gasteiger charge is 2.43. The van der Waals surface area contributed by atoms with Gasteiger partial charge in [-0.25, -0.2) is 4.79 Å². The van der Waals surface area contributed by atoms with Crippen LogP contribution in [0.4, 0.5) is 4.79 Å². The molecule has 0 radical (unpaired) electrons. The third kappa shape index (κ3) is 3.78. The number of hydrogen-bond donors (Lipinski definition) is 2. The molecule has 0 bridgehead atoms. The second kappa shape index (κ2) is 6.81. The van der Waals surface area contributed by atoms with Crippen molar-refractivity contribution in [3.8, 4) is 5.75 Å². The lowest BCUT2D eigenvalue weighted by atomic mass is 9.92. The first kappa shape index (κ1) is 16.3. The number of unbranched alkanes of at least 4 members (excludes halogenated alkanes) is 1. The van der Waals surface area contributed by atoms with E-state index in [4.69, 9.17) is 4.74 Å². The van der Waals surface area contributed by atoms with E-state index in [1.165, 1.54) is 12.8 Å². The van der Waals surface area contributed by atoms with E-state index in [-0.39, 0.29) is 5.91 Å². The molecule has 22 heavy (non-hydrogen) atoms. The molecule has 3 amide bonds. The molecular weight excluding hydrogens is 280 g/mol. The second-order valence-corrected chi connectivity index (χ2v) is 6.30. The standard InChI is InChI=1S/C17H24N2O3/c1-12(2)6-4-5-11-22-14-9-7-13(8-10-14)17(3)15(20)18-16(21)19-17/h7-10,12H,4-6,11H2,1-3H3,(H2,18,19,20,21)/t17-/m1/s1. The molecule has 1 aliphatic rings. The zero-order valence-electron chi connectivity index (χ0n) is 13.4. The van der Waals surface area contributed by atoms with Gasteiger partial charge in [-0.2, -0.15) is 0 Å². The van der Waals surface area contributed by atoms with Crippen LogP contribution in [0.25, 0.3) is 0 Å². The second-order valence-electron chi connectivity index (χ2n) is 6.30. The molecule has 1 aromatic carbocycles. The van der Waals surface area contributed by atoms with Crippen LogP contribution < -0.4 is 15.4 Å². The van der Waals surface area contributed by atoms with Crippen LogP contribution >= 0.6 is 0 Å². The summed E-state index contributed by atoms with van der Waals surface area (Å²) in [6.45, 7) is 6.83. The van der Waals surface area contributed by atoms with Crippen LogP contribution in [0.5, 0.6) is 5.75 Å². The van der Waals surface area contributed by atoms with Crippen LogP contribution in [0.2, 0.25) is 0 Å². The lowest BCUT2D eigenvalue weighted by molar-refractivity contribution is -0.123. The fraction of sp³-hybridized carbons (Fsp3) is 0.529. The molecule has 1 heterocycles. The summed E-state index contributed by atoms with van der Waals surface area (Å²) < 4.78 is 5.70. The molecule has 1 fully saturated rings. The molecule has 1 atom stereocenters. The first-order valence-corrected chi connectivity index (χ1v) is 7.79. The van der Waals surface area contributed by atoms with Crippen LogP contribution in [0.3, 0.4) is 0 Å². The Hall–Kier alpha value is -2.04. The van der Waals surface area contributed by atoms with Gasteiger partial charge < -0.3 is 10.1 Å². The Balaban J connectivity index is 1.88. The van der Waals surface area contributed by atoms with Crippen molar-refractivity contribution in [3.05, 3.63) is 29.8 Å². The maximum Gasteiger partial charge on any atom is 0.322 e. The molecule has 0 aliphatic carbocycles. The van der Waals surface area contributed by atoms with Crippen molar-refractivity contribution >= 4 is 11.9 Å². The van der Waals surface area contributed by atoms with Gasteiger partial charge in [0, 0.05) is 0 Å². The van der Waals surface area contributed by atoms with Gasteiger partial charge in [-0.1, -0.05) is 32.4 Å². The highest BCUT2D eigenvalue weighted by atomic mass is 16.5. The average molecular weight is 304 g/mol. The molecule has 1 saturated heterocycles. The first-order chi connectivity index (χ1) is 10.4. The van der Waals surface area contributed by atoms with Crippen molar-refractivity contribution in [2.24, 2.45) is 5.92 Å². The van der Waals surface area contributed by atoms with Crippen LogP contribution in [-0.2, 0) is 10.3 Å². The van der Waals surface area contributed by atoms with Gasteiger partial charge in [0.25, 0.3) is 5.91 Å². The third-order valence-electron chi connectivity index (χ3n) is 3.92. The zero-order valence-corrected chi connectivity index (χ0v) is 13.4. The van der Waals surface area contributed by atoms with Crippen molar-refractivity contribution in [1.29, 1.82) is 0 Å². The fourth-order valence-corrected chi connectivity index (χ4v) is 2.48. The van der Waals surface area contributed by atoms with Crippen molar-refractivity contribution in [2.45, 2.75) is 45.6 Å². The molecule has 5 heteroatoms. The van der Waals surface area contributed by atoms with E-state index in [1.54, 1.807) is 6.92 Å². The average Bonchev–Trinajstić information content (AvgIpc) is 2.73. The maximum absolute atomic E-state index is 11.9. The molecule has 120 valence electrons. The lowest BCUT2D eigenvalue weighted by Crippen LogP contribution is -2.40. The first-order valence-electron chi connectivity index (χ1n) is 7.79. The summed E-state index contributed by atoms with van der Waals surface area (Å²) in [5, 5.41) is 4.90. The van der Waals surface area contributed by atoms with Crippen molar-refractivity contribution < 1.29 is 14.3 Å². The quantitative estimate of drug-likeness (QED) is 0.601. The van der Waals surface area contributed by atoms with E-state index in [2.05, 4.69) is 24.5 Å². The van der Waals surface area contributed by atoms with Gasteiger partial charge in [-0.05, 0) is 43.4 Å². The van der Waals surface area contributed by atoms with E-state index >= 15 is 0 Å². The summed E-state index contributed by atoms with van der Waals surface area (Å²) in [5.41, 5.74) is -0.268. The molecule has 2 N–H and O–H groups in total. The van der Waals surface area contributed by atoms with Gasteiger partial charge >= 0.3 is 6.03 Å². The Bertz CT molecular complexity index is 539. The van der Waals surface area contributed by atoms with Crippen LogP contribution in [0, 0.1) is 5.92 Å². The summed E-state index contributed by atoms with van der Waals surface area (Å²) in [4.78, 5) is 23.2. The predicted molar refractivity (Wildman–Crippen MR) is 84.7 cm³/mol. The summed E-state index contributed by atoms with van der Waals surface area (Å²) >= 11 is 0. The molecule has 0 saturated carbocycles. The number of rotatable bonds is 7. The van der Waals surface area contributed by atoms with Gasteiger partial charge in [-0.15, -0.1) is 0 Å². The maximum atomic E-state index is 11.9. The number of hydrogen-bond acceptors (Lipinski definition) is 3. The minimum atomic E-state index is -1.01. The van der Waals surface area contributed by atoms with E-state index in [1.807, 2.05) is 24.3 Å². The summed E-state index contributed by atoms with van der Waals surface area (Å²) in [6.07, 6.45) is 3.42. The molecule has 5 nitrogen and oxygen atoms in total. The molecule has 2 rings (SSSR count). The molecule has 0 aromatic heterocycles. The Kier molecular flexibility index (Phi) is 5.06. The monoisotopic (exact) mass is 304 g/mol. The molecule has 0 unspecified atom stereocenters. The predicted octanol–water partition coefficient (Wildman–Crippen LogP) is 2.95. The van der Waals surface area contributed by atoms with Gasteiger partial charge in [0.1, 0.15) is 11.3 Å². The van der Waals surface area contributed by atoms with Gasteiger partial charge in [-0.3, -0.25) is 10.1 Å². The Labute approximate surface area is 131 Å². The number of benzene rings is 1. The topological polar surface area (TPSA) is 67.4 Å². The highest BCUT2D eigenvalue weighted by molar-refractivity contribution is 6.07. The van der Waals surface area contributed by atoms with Crippen molar-refractivity contribution in [1.82, 2.24) is 10.6 Å². The lowest BCUT2D eigenvalue weighted by Gasteiger charge is -2.21. The fourth-order valence-electron chi connectivity index (χ4n) is 2.48. The normalized spacial score (nSPS) is 20.9. The van der Waals surface area contributed by atoms with E-state index in [9.17, 15) is 9.59 Å². The van der Waals surface area contributed by atoms with E-state index in [0.717, 1.165) is 23.7 Å². The zero-order chi connectivity index (χ0) is 16.2. The van der Waals surface area contributed by atoms with Gasteiger partial charge in [0.05, 0.1) is 6.61 Å². The molecule has 1 aliphatic heterocycles. The number of ether oxygens (including phenoxy) is 1. The Morgan fingerprint density at radius 1 is 1.14 bits per heavy atom. The number of imide groups is 1. The third-order valence-corrected chi connectivity index (χ3v) is 3.92. The van der Waals surface area contributed by atoms with Crippen LogP contribution in [0.1, 0.15) is 45.6 Å². The van der Waals surface area contributed by atoms with Gasteiger partial charge in [0.15, 0.2) is 0 Å². The largest absolute Gasteiger partial charge is 0.494 e. The van der Waals surface area contributed by atoms with Crippen LogP contribution in [0.15, 0.2) is 24.3 Å². The van der Waals surface area contributed by atoms with Gasteiger partial charge in [0.2, 0.25) is 0 Å². The summed E-state index contributed by atoms with van der Waals surface area (Å²) in [7, 11) is 0. The number of urea groups is 1. The molecule has 0 spiro atoms. The Morgan fingerprint density at radius 3 is 2.36 bits per heavy atom. The molecule has 1 aromatic rings. The molecular formula is C17H24N2O3. The minimum Gasteiger partial charge on any atom is -0.494 e. The Morgan fingerprint density at radius 2 is 1.82 bits per heavy atom. The van der Waals surface area contributed by atoms with Crippen LogP contribution in [-0.4, -0.2) is 18.5 Å². The summed E-state index contributed by atoms with van der Waals surface area (Å²) in [6, 6.07) is 6.84. The summed E-state index contributed by atoms with van der Waals surface area (Å²) in [5.74, 6) is 1.18. The van der Waals surface area contributed by atoms with E-state index in [0.29, 0.717) is 6.61 Å². The highest BCUT2D eigenvalue weighted by Crippen LogP contribution is 2.26. The van der Waals surface area contributed by atoms with E-state index < -0.39 is 11.6 Å². The number of nitrogens with one attached hydrogen (secondary N) is 2. The number of carbonyl (C=O) groups excluding carboxylic acids is 2. The minimum absolute atomic E-state index is 0.333. The van der Waals surface area contributed by atoms with Crippen molar-refractivity contribution in [2.75, 3.05) is 6.61 Å². The van der Waals surface area contributed by atoms with Crippen molar-refractivity contribution in [3.63, 3.8) is 0 Å². The smallest absolute Gasteiger partial charge is 0.322 e. The number of carbonyl (C=O) groups is 2.